The highest BCUT2D eigenvalue weighted by atomic mass is 32.2. The predicted molar refractivity (Wildman–Crippen MR) is 84.1 cm³/mol. The molecule has 0 spiro atoms. The Morgan fingerprint density at radius 1 is 1.11 bits per heavy atom. The van der Waals surface area contributed by atoms with Gasteiger partial charge in [-0.1, -0.05) is 57.2 Å². The Morgan fingerprint density at radius 2 is 1.89 bits per heavy atom. The van der Waals surface area contributed by atoms with Gasteiger partial charge in [0.25, 0.3) is 0 Å². The second-order valence-electron chi connectivity index (χ2n) is 5.39. The van der Waals surface area contributed by atoms with Crippen LogP contribution in [-0.4, -0.2) is 19.0 Å². The summed E-state index contributed by atoms with van der Waals surface area (Å²) in [5.74, 6) is 1.80. The fraction of sp³-hybridized carbons (Fsp3) is 0.647. The van der Waals surface area contributed by atoms with E-state index in [2.05, 4.69) is 31.2 Å². The molecule has 1 aromatic rings. The zero-order valence-electron chi connectivity index (χ0n) is 12.1. The third-order valence-corrected chi connectivity index (χ3v) is 5.01. The van der Waals surface area contributed by atoms with Crippen molar-refractivity contribution in [3.8, 4) is 0 Å². The van der Waals surface area contributed by atoms with Gasteiger partial charge in [-0.2, -0.15) is 0 Å². The van der Waals surface area contributed by atoms with Crippen molar-refractivity contribution >= 4 is 11.8 Å². The molecule has 1 aliphatic heterocycles. The Balaban J connectivity index is 1.55. The Kier molecular flexibility index (Phi) is 6.80. The average molecular weight is 278 g/mol. The lowest BCUT2D eigenvalue weighted by atomic mass is 10.0. The van der Waals surface area contributed by atoms with E-state index in [1.165, 1.54) is 54.7 Å². The van der Waals surface area contributed by atoms with Crippen molar-refractivity contribution in [2.75, 3.05) is 19.0 Å². The smallest absolute Gasteiger partial charge is 0.0543 e. The molecule has 0 N–H and O–H groups in total. The quantitative estimate of drug-likeness (QED) is 0.570. The van der Waals surface area contributed by atoms with Gasteiger partial charge in [0, 0.05) is 23.2 Å². The lowest BCUT2D eigenvalue weighted by molar-refractivity contribution is 0.120. The summed E-state index contributed by atoms with van der Waals surface area (Å²) in [6, 6.07) is 8.76. The summed E-state index contributed by atoms with van der Waals surface area (Å²) in [6.07, 6.45) is 8.04. The van der Waals surface area contributed by atoms with E-state index >= 15 is 0 Å². The van der Waals surface area contributed by atoms with Gasteiger partial charge >= 0.3 is 0 Å². The summed E-state index contributed by atoms with van der Waals surface area (Å²) >= 11 is 1.97. The molecule has 1 atom stereocenters. The standard InChI is InChI=1S/C17H26OS/c1-2-3-4-5-6-9-12-18-13-15-14-19-17-11-8-7-10-16(15)17/h7-8,10-11,15H,2-6,9,12-14H2,1H3. The largest absolute Gasteiger partial charge is 0.381 e. The molecule has 0 saturated carbocycles. The monoisotopic (exact) mass is 278 g/mol. The van der Waals surface area contributed by atoms with Crippen LogP contribution in [0.4, 0.5) is 0 Å². The number of unbranched alkanes of at least 4 members (excludes halogenated alkanes) is 5. The second kappa shape index (κ2) is 8.65. The van der Waals surface area contributed by atoms with Gasteiger partial charge in [-0.25, -0.2) is 0 Å². The van der Waals surface area contributed by atoms with Gasteiger partial charge in [0.05, 0.1) is 6.61 Å². The first-order chi connectivity index (χ1) is 9.42. The van der Waals surface area contributed by atoms with Crippen LogP contribution in [0.2, 0.25) is 0 Å². The molecule has 2 heteroatoms. The molecule has 1 aromatic carbocycles. The Morgan fingerprint density at radius 3 is 2.79 bits per heavy atom. The molecule has 19 heavy (non-hydrogen) atoms. The molecule has 0 radical (unpaired) electrons. The molecule has 1 unspecified atom stereocenters. The van der Waals surface area contributed by atoms with E-state index < -0.39 is 0 Å². The zero-order valence-corrected chi connectivity index (χ0v) is 12.9. The SMILES string of the molecule is CCCCCCCCOCC1CSc2ccccc21. The third kappa shape index (κ3) is 4.85. The van der Waals surface area contributed by atoms with E-state index in [0.29, 0.717) is 5.92 Å². The number of fused-ring (bicyclic) bond motifs is 1. The maximum atomic E-state index is 5.87. The van der Waals surface area contributed by atoms with E-state index in [4.69, 9.17) is 4.74 Å². The van der Waals surface area contributed by atoms with Crippen LogP contribution < -0.4 is 0 Å². The van der Waals surface area contributed by atoms with E-state index in [1.807, 2.05) is 11.8 Å². The first-order valence-corrected chi connectivity index (χ1v) is 8.70. The minimum Gasteiger partial charge on any atom is -0.381 e. The molecule has 1 nitrogen and oxygen atoms in total. The molecule has 2 rings (SSSR count). The van der Waals surface area contributed by atoms with E-state index in [0.717, 1.165) is 13.2 Å². The lowest BCUT2D eigenvalue weighted by Crippen LogP contribution is -2.08. The van der Waals surface area contributed by atoms with Gasteiger partial charge in [0.15, 0.2) is 0 Å². The average Bonchev–Trinajstić information content (AvgIpc) is 2.85. The molecular formula is C17H26OS. The van der Waals surface area contributed by atoms with Crippen LogP contribution in [0.5, 0.6) is 0 Å². The molecular weight excluding hydrogens is 252 g/mol. The number of ether oxygens (including phenoxy) is 1. The van der Waals surface area contributed by atoms with Gasteiger partial charge in [-0.15, -0.1) is 11.8 Å². The van der Waals surface area contributed by atoms with Crippen LogP contribution in [0.15, 0.2) is 29.2 Å². The van der Waals surface area contributed by atoms with Gasteiger partial charge in [-0.05, 0) is 18.1 Å². The molecule has 0 bridgehead atoms. The number of hydrogen-bond acceptors (Lipinski definition) is 2. The number of benzene rings is 1. The molecule has 0 aromatic heterocycles. The molecule has 1 heterocycles. The summed E-state index contributed by atoms with van der Waals surface area (Å²) < 4.78 is 5.87. The summed E-state index contributed by atoms with van der Waals surface area (Å²) in [6.45, 7) is 4.11. The van der Waals surface area contributed by atoms with Gasteiger partial charge in [0.1, 0.15) is 0 Å². The Bertz CT molecular complexity index is 364. The van der Waals surface area contributed by atoms with Crippen molar-refractivity contribution in [1.82, 2.24) is 0 Å². The van der Waals surface area contributed by atoms with Gasteiger partial charge < -0.3 is 4.74 Å². The number of hydrogen-bond donors (Lipinski definition) is 0. The normalized spacial score (nSPS) is 17.6. The minimum atomic E-state index is 0.612. The van der Waals surface area contributed by atoms with Crippen molar-refractivity contribution in [3.63, 3.8) is 0 Å². The van der Waals surface area contributed by atoms with Crippen LogP contribution in [0.1, 0.15) is 56.9 Å². The lowest BCUT2D eigenvalue weighted by Gasteiger charge is -2.11. The zero-order chi connectivity index (χ0) is 13.3. The van der Waals surface area contributed by atoms with Crippen LogP contribution in [0.3, 0.4) is 0 Å². The van der Waals surface area contributed by atoms with E-state index in [-0.39, 0.29) is 0 Å². The molecule has 0 saturated heterocycles. The highest BCUT2D eigenvalue weighted by Crippen LogP contribution is 2.39. The summed E-state index contributed by atoms with van der Waals surface area (Å²) in [4.78, 5) is 1.45. The Labute approximate surface area is 122 Å². The molecule has 106 valence electrons. The van der Waals surface area contributed by atoms with Crippen molar-refractivity contribution in [1.29, 1.82) is 0 Å². The van der Waals surface area contributed by atoms with Crippen LogP contribution in [0, 0.1) is 0 Å². The highest BCUT2D eigenvalue weighted by Gasteiger charge is 2.22. The molecule has 0 aliphatic carbocycles. The van der Waals surface area contributed by atoms with Crippen molar-refractivity contribution in [3.05, 3.63) is 29.8 Å². The van der Waals surface area contributed by atoms with Crippen LogP contribution in [-0.2, 0) is 4.74 Å². The Hall–Kier alpha value is -0.470. The topological polar surface area (TPSA) is 9.23 Å². The first-order valence-electron chi connectivity index (χ1n) is 7.71. The van der Waals surface area contributed by atoms with Crippen molar-refractivity contribution in [2.24, 2.45) is 0 Å². The fourth-order valence-corrected chi connectivity index (χ4v) is 3.81. The van der Waals surface area contributed by atoms with E-state index in [9.17, 15) is 0 Å². The number of rotatable bonds is 9. The van der Waals surface area contributed by atoms with Crippen molar-refractivity contribution < 1.29 is 4.74 Å². The third-order valence-electron chi connectivity index (χ3n) is 3.76. The fourth-order valence-electron chi connectivity index (χ4n) is 2.58. The summed E-state index contributed by atoms with van der Waals surface area (Å²) in [7, 11) is 0. The molecule has 1 aliphatic rings. The maximum absolute atomic E-state index is 5.87. The van der Waals surface area contributed by atoms with Crippen LogP contribution in [0.25, 0.3) is 0 Å². The van der Waals surface area contributed by atoms with E-state index in [1.54, 1.807) is 0 Å². The number of thioether (sulfide) groups is 1. The minimum absolute atomic E-state index is 0.612. The molecule has 0 fully saturated rings. The second-order valence-corrected chi connectivity index (χ2v) is 6.45. The highest BCUT2D eigenvalue weighted by molar-refractivity contribution is 7.99. The summed E-state index contributed by atoms with van der Waals surface area (Å²) in [5, 5.41) is 0. The van der Waals surface area contributed by atoms with Gasteiger partial charge in [-0.3, -0.25) is 0 Å². The predicted octanol–water partition coefficient (Wildman–Crippen LogP) is 5.25. The van der Waals surface area contributed by atoms with Crippen LogP contribution >= 0.6 is 11.8 Å². The maximum Gasteiger partial charge on any atom is 0.0543 e. The molecule has 0 amide bonds. The first kappa shape index (κ1) is 14.9. The summed E-state index contributed by atoms with van der Waals surface area (Å²) in [5.41, 5.74) is 1.50. The van der Waals surface area contributed by atoms with Crippen molar-refractivity contribution in [2.45, 2.75) is 56.3 Å². The van der Waals surface area contributed by atoms with Gasteiger partial charge in [0.2, 0.25) is 0 Å².